The van der Waals surface area contributed by atoms with Crippen molar-refractivity contribution in [3.05, 3.63) is 12.4 Å². The van der Waals surface area contributed by atoms with Crippen LogP contribution in [0.3, 0.4) is 0 Å². The second kappa shape index (κ2) is 6.68. The van der Waals surface area contributed by atoms with E-state index in [1.54, 1.807) is 12.4 Å². The second-order valence-electron chi connectivity index (χ2n) is 4.89. The summed E-state index contributed by atoms with van der Waals surface area (Å²) in [5, 5.41) is 16.2. The minimum atomic E-state index is -0.337. The Bertz CT molecular complexity index is 394. The SMILES string of the molecule is CCCNc1cncc(NC2(CO)CCOCC2)n1. The van der Waals surface area contributed by atoms with E-state index in [1.807, 2.05) is 0 Å². The first kappa shape index (κ1) is 14.0. The zero-order valence-electron chi connectivity index (χ0n) is 11.4. The van der Waals surface area contributed by atoms with Crippen LogP contribution in [0.1, 0.15) is 26.2 Å². The van der Waals surface area contributed by atoms with Crippen LogP contribution in [-0.2, 0) is 4.74 Å². The van der Waals surface area contributed by atoms with Gasteiger partial charge in [-0.3, -0.25) is 4.98 Å². The minimum absolute atomic E-state index is 0.0741. The summed E-state index contributed by atoms with van der Waals surface area (Å²) in [6.45, 7) is 4.37. The summed E-state index contributed by atoms with van der Waals surface area (Å²) in [6, 6.07) is 0. The van der Waals surface area contributed by atoms with E-state index in [0.29, 0.717) is 19.0 Å². The lowest BCUT2D eigenvalue weighted by Crippen LogP contribution is -2.47. The van der Waals surface area contributed by atoms with Gasteiger partial charge in [-0.15, -0.1) is 0 Å². The molecule has 0 radical (unpaired) electrons. The normalized spacial score (nSPS) is 18.0. The highest BCUT2D eigenvalue weighted by molar-refractivity contribution is 5.43. The average molecular weight is 266 g/mol. The predicted octanol–water partition coefficient (Wildman–Crippen LogP) is 1.25. The molecule has 0 aromatic carbocycles. The molecule has 0 bridgehead atoms. The first-order valence-electron chi connectivity index (χ1n) is 6.81. The zero-order chi connectivity index (χ0) is 13.6. The Balaban J connectivity index is 2.04. The molecule has 1 aromatic rings. The van der Waals surface area contributed by atoms with Crippen LogP contribution in [0.4, 0.5) is 11.6 Å². The highest BCUT2D eigenvalue weighted by Gasteiger charge is 2.32. The third-order valence-electron chi connectivity index (χ3n) is 3.34. The van der Waals surface area contributed by atoms with Crippen molar-refractivity contribution in [2.24, 2.45) is 0 Å². The molecule has 1 aliphatic heterocycles. The molecule has 1 aromatic heterocycles. The fourth-order valence-corrected chi connectivity index (χ4v) is 2.12. The van der Waals surface area contributed by atoms with E-state index in [2.05, 4.69) is 27.5 Å². The summed E-state index contributed by atoms with van der Waals surface area (Å²) in [4.78, 5) is 8.63. The van der Waals surface area contributed by atoms with E-state index < -0.39 is 0 Å². The maximum atomic E-state index is 9.63. The van der Waals surface area contributed by atoms with Crippen molar-refractivity contribution >= 4 is 11.6 Å². The van der Waals surface area contributed by atoms with Crippen LogP contribution in [-0.4, -0.2) is 47.0 Å². The minimum Gasteiger partial charge on any atom is -0.394 e. The highest BCUT2D eigenvalue weighted by atomic mass is 16.5. The summed E-state index contributed by atoms with van der Waals surface area (Å²) in [6.07, 6.45) is 5.98. The smallest absolute Gasteiger partial charge is 0.147 e. The van der Waals surface area contributed by atoms with E-state index in [0.717, 1.165) is 31.6 Å². The fraction of sp³-hybridized carbons (Fsp3) is 0.692. The van der Waals surface area contributed by atoms with Gasteiger partial charge in [0.2, 0.25) is 0 Å². The molecular weight excluding hydrogens is 244 g/mol. The largest absolute Gasteiger partial charge is 0.394 e. The van der Waals surface area contributed by atoms with E-state index in [9.17, 15) is 5.11 Å². The summed E-state index contributed by atoms with van der Waals surface area (Å²) < 4.78 is 5.34. The molecule has 0 aliphatic carbocycles. The Hall–Kier alpha value is -1.40. The van der Waals surface area contributed by atoms with E-state index in [4.69, 9.17) is 4.74 Å². The molecule has 1 fully saturated rings. The van der Waals surface area contributed by atoms with Gasteiger partial charge in [0.15, 0.2) is 0 Å². The van der Waals surface area contributed by atoms with Crippen LogP contribution >= 0.6 is 0 Å². The van der Waals surface area contributed by atoms with E-state index >= 15 is 0 Å². The number of aliphatic hydroxyl groups is 1. The molecule has 1 saturated heterocycles. The summed E-state index contributed by atoms with van der Waals surface area (Å²) >= 11 is 0. The molecule has 19 heavy (non-hydrogen) atoms. The Morgan fingerprint density at radius 2 is 2.05 bits per heavy atom. The summed E-state index contributed by atoms with van der Waals surface area (Å²) in [7, 11) is 0. The van der Waals surface area contributed by atoms with Gasteiger partial charge in [-0.05, 0) is 19.3 Å². The van der Waals surface area contributed by atoms with Gasteiger partial charge in [-0.2, -0.15) is 0 Å². The van der Waals surface area contributed by atoms with E-state index in [-0.39, 0.29) is 12.1 Å². The number of hydrogen-bond donors (Lipinski definition) is 3. The first-order chi connectivity index (χ1) is 9.28. The monoisotopic (exact) mass is 266 g/mol. The van der Waals surface area contributed by atoms with Gasteiger partial charge in [0.1, 0.15) is 11.6 Å². The van der Waals surface area contributed by atoms with Gasteiger partial charge in [-0.25, -0.2) is 4.98 Å². The summed E-state index contributed by atoms with van der Waals surface area (Å²) in [5.74, 6) is 1.45. The maximum Gasteiger partial charge on any atom is 0.147 e. The Kier molecular flexibility index (Phi) is 4.93. The molecule has 0 spiro atoms. The van der Waals surface area contributed by atoms with Crippen molar-refractivity contribution in [1.29, 1.82) is 0 Å². The van der Waals surface area contributed by atoms with Crippen LogP contribution in [0, 0.1) is 0 Å². The molecule has 3 N–H and O–H groups in total. The lowest BCUT2D eigenvalue weighted by molar-refractivity contribution is 0.0378. The van der Waals surface area contributed by atoms with Crippen molar-refractivity contribution in [1.82, 2.24) is 9.97 Å². The van der Waals surface area contributed by atoms with Crippen molar-refractivity contribution in [2.75, 3.05) is 37.0 Å². The number of anilines is 2. The van der Waals surface area contributed by atoms with E-state index in [1.165, 1.54) is 0 Å². The molecule has 0 atom stereocenters. The van der Waals surface area contributed by atoms with Crippen LogP contribution in [0.15, 0.2) is 12.4 Å². The molecule has 6 heteroatoms. The Morgan fingerprint density at radius 1 is 1.32 bits per heavy atom. The van der Waals surface area contributed by atoms with Crippen molar-refractivity contribution < 1.29 is 9.84 Å². The molecule has 106 valence electrons. The molecule has 0 saturated carbocycles. The molecule has 2 rings (SSSR count). The van der Waals surface area contributed by atoms with Crippen LogP contribution in [0.25, 0.3) is 0 Å². The number of rotatable bonds is 6. The standard InChI is InChI=1S/C13H22N4O2/c1-2-5-15-11-8-14-9-12(16-11)17-13(10-18)3-6-19-7-4-13/h8-9,18H,2-7,10H2,1H3,(H2,15,16,17). The first-order valence-corrected chi connectivity index (χ1v) is 6.81. The molecule has 0 amide bonds. The van der Waals surface area contributed by atoms with Gasteiger partial charge in [0.25, 0.3) is 0 Å². The zero-order valence-corrected chi connectivity index (χ0v) is 11.4. The average Bonchev–Trinajstić information content (AvgIpc) is 2.46. The number of nitrogens with one attached hydrogen (secondary N) is 2. The van der Waals surface area contributed by atoms with Gasteiger partial charge >= 0.3 is 0 Å². The lowest BCUT2D eigenvalue weighted by Gasteiger charge is -2.36. The van der Waals surface area contributed by atoms with Crippen LogP contribution in [0.5, 0.6) is 0 Å². The quantitative estimate of drug-likeness (QED) is 0.719. The van der Waals surface area contributed by atoms with Crippen LogP contribution < -0.4 is 10.6 Å². The van der Waals surface area contributed by atoms with Gasteiger partial charge in [-0.1, -0.05) is 6.92 Å². The molecule has 1 aliphatic rings. The van der Waals surface area contributed by atoms with Crippen molar-refractivity contribution in [2.45, 2.75) is 31.7 Å². The van der Waals surface area contributed by atoms with Crippen molar-refractivity contribution in [3.63, 3.8) is 0 Å². The lowest BCUT2D eigenvalue weighted by atomic mass is 9.91. The van der Waals surface area contributed by atoms with Crippen LogP contribution in [0.2, 0.25) is 0 Å². The summed E-state index contributed by atoms with van der Waals surface area (Å²) in [5.41, 5.74) is -0.337. The number of aliphatic hydroxyl groups excluding tert-OH is 1. The van der Waals surface area contributed by atoms with Gasteiger partial charge in [0.05, 0.1) is 24.5 Å². The molecule has 2 heterocycles. The number of aromatic nitrogens is 2. The maximum absolute atomic E-state index is 9.63. The third-order valence-corrected chi connectivity index (χ3v) is 3.34. The molecule has 0 unspecified atom stereocenters. The highest BCUT2D eigenvalue weighted by Crippen LogP contribution is 2.24. The van der Waals surface area contributed by atoms with Gasteiger partial charge in [0, 0.05) is 19.8 Å². The number of ether oxygens (including phenoxy) is 1. The topological polar surface area (TPSA) is 79.3 Å². The fourth-order valence-electron chi connectivity index (χ4n) is 2.12. The van der Waals surface area contributed by atoms with Gasteiger partial charge < -0.3 is 20.5 Å². The molecule has 6 nitrogen and oxygen atoms in total. The Labute approximate surface area is 113 Å². The number of nitrogens with zero attached hydrogens (tertiary/aromatic N) is 2. The third kappa shape index (κ3) is 3.78. The molecular formula is C13H22N4O2. The van der Waals surface area contributed by atoms with Crippen molar-refractivity contribution in [3.8, 4) is 0 Å². The second-order valence-corrected chi connectivity index (χ2v) is 4.89. The Morgan fingerprint density at radius 3 is 2.74 bits per heavy atom. The number of hydrogen-bond acceptors (Lipinski definition) is 6. The predicted molar refractivity (Wildman–Crippen MR) is 74.3 cm³/mol.